The van der Waals surface area contributed by atoms with E-state index in [1.165, 1.54) is 6.42 Å². The molecule has 2 heterocycles. The summed E-state index contributed by atoms with van der Waals surface area (Å²) in [5.74, 6) is 1.88. The number of nitrogens with zero attached hydrogens (tertiary/aromatic N) is 2. The molecule has 1 unspecified atom stereocenters. The summed E-state index contributed by atoms with van der Waals surface area (Å²) < 4.78 is 11.3. The average molecular weight is 265 g/mol. The van der Waals surface area contributed by atoms with Crippen LogP contribution in [0.15, 0.2) is 4.52 Å². The summed E-state index contributed by atoms with van der Waals surface area (Å²) >= 11 is 0. The summed E-state index contributed by atoms with van der Waals surface area (Å²) in [5, 5.41) is 4.16. The molecular formula is C14H23N3O2. The fraction of sp³-hybridized carbons (Fsp3) is 0.857. The van der Waals surface area contributed by atoms with Gasteiger partial charge in [0, 0.05) is 18.6 Å². The zero-order valence-corrected chi connectivity index (χ0v) is 11.6. The molecule has 1 aromatic heterocycles. The van der Waals surface area contributed by atoms with Crippen molar-refractivity contribution in [2.75, 3.05) is 6.61 Å². The van der Waals surface area contributed by atoms with Crippen LogP contribution in [0.2, 0.25) is 0 Å². The number of rotatable bonds is 2. The van der Waals surface area contributed by atoms with Gasteiger partial charge in [-0.25, -0.2) is 0 Å². The molecule has 2 fully saturated rings. The van der Waals surface area contributed by atoms with Crippen molar-refractivity contribution >= 4 is 0 Å². The van der Waals surface area contributed by atoms with Crippen molar-refractivity contribution in [1.29, 1.82) is 0 Å². The number of hydrogen-bond acceptors (Lipinski definition) is 5. The molecule has 1 saturated heterocycles. The van der Waals surface area contributed by atoms with E-state index in [1.54, 1.807) is 0 Å². The number of hydrogen-bond donors (Lipinski definition) is 1. The van der Waals surface area contributed by atoms with Crippen LogP contribution in [0, 0.1) is 0 Å². The average Bonchev–Trinajstić information content (AvgIpc) is 2.91. The Hall–Kier alpha value is -0.940. The highest BCUT2D eigenvalue weighted by Crippen LogP contribution is 2.36. The maximum absolute atomic E-state index is 5.93. The maximum atomic E-state index is 5.93. The van der Waals surface area contributed by atoms with E-state index in [1.807, 2.05) is 0 Å². The Balaban J connectivity index is 1.72. The first kappa shape index (κ1) is 13.1. The Labute approximate surface area is 113 Å². The second-order valence-electron chi connectivity index (χ2n) is 6.10. The molecule has 5 heteroatoms. The summed E-state index contributed by atoms with van der Waals surface area (Å²) in [6.45, 7) is 2.86. The van der Waals surface area contributed by atoms with Crippen LogP contribution in [0.4, 0.5) is 0 Å². The lowest BCUT2D eigenvalue weighted by Crippen LogP contribution is -2.31. The fourth-order valence-corrected chi connectivity index (χ4v) is 3.09. The Morgan fingerprint density at radius 2 is 2.00 bits per heavy atom. The molecule has 0 spiro atoms. The molecule has 1 aliphatic heterocycles. The topological polar surface area (TPSA) is 74.2 Å². The normalized spacial score (nSPS) is 36.3. The fourth-order valence-electron chi connectivity index (χ4n) is 3.09. The molecule has 0 amide bonds. The van der Waals surface area contributed by atoms with Crippen LogP contribution in [0.5, 0.6) is 0 Å². The third-order valence-electron chi connectivity index (χ3n) is 4.50. The first-order chi connectivity index (χ1) is 9.17. The zero-order valence-electron chi connectivity index (χ0n) is 11.6. The predicted octanol–water partition coefficient (Wildman–Crippen LogP) is 2.47. The lowest BCUT2D eigenvalue weighted by atomic mass is 9.86. The van der Waals surface area contributed by atoms with Gasteiger partial charge in [0.15, 0.2) is 0 Å². The van der Waals surface area contributed by atoms with Gasteiger partial charge in [-0.2, -0.15) is 4.98 Å². The van der Waals surface area contributed by atoms with Gasteiger partial charge in [0.1, 0.15) is 5.60 Å². The van der Waals surface area contributed by atoms with Crippen LogP contribution in [-0.4, -0.2) is 22.8 Å². The highest BCUT2D eigenvalue weighted by molar-refractivity contribution is 5.04. The molecule has 1 aromatic rings. The second-order valence-corrected chi connectivity index (χ2v) is 6.10. The standard InChI is InChI=1S/C14H23N3O2/c1-14(8-2-3-9-18-14)13-16-12(19-17-13)10-4-6-11(15)7-5-10/h10-11H,2-9,15H2,1H3. The van der Waals surface area contributed by atoms with E-state index in [0.29, 0.717) is 12.0 Å². The largest absolute Gasteiger partial charge is 0.367 e. The van der Waals surface area contributed by atoms with Gasteiger partial charge in [-0.05, 0) is 51.9 Å². The molecule has 106 valence electrons. The first-order valence-electron chi connectivity index (χ1n) is 7.41. The minimum atomic E-state index is -0.356. The summed E-state index contributed by atoms with van der Waals surface area (Å²) in [6, 6.07) is 0.345. The minimum absolute atomic E-state index is 0.345. The SMILES string of the molecule is CC1(c2noc(C3CCC(N)CC3)n2)CCCCO1. The minimum Gasteiger partial charge on any atom is -0.367 e. The van der Waals surface area contributed by atoms with Crippen LogP contribution in [0.3, 0.4) is 0 Å². The zero-order chi connectivity index (χ0) is 13.3. The van der Waals surface area contributed by atoms with Crippen molar-refractivity contribution in [3.63, 3.8) is 0 Å². The van der Waals surface area contributed by atoms with Crippen LogP contribution in [-0.2, 0) is 10.3 Å². The Kier molecular flexibility index (Phi) is 3.58. The van der Waals surface area contributed by atoms with Gasteiger partial charge in [0.2, 0.25) is 11.7 Å². The molecule has 19 heavy (non-hydrogen) atoms. The van der Waals surface area contributed by atoms with Gasteiger partial charge >= 0.3 is 0 Å². The van der Waals surface area contributed by atoms with E-state index < -0.39 is 0 Å². The molecule has 0 aromatic carbocycles. The lowest BCUT2D eigenvalue weighted by Gasteiger charge is -2.30. The third kappa shape index (κ3) is 2.67. The van der Waals surface area contributed by atoms with Gasteiger partial charge in [-0.15, -0.1) is 0 Å². The smallest absolute Gasteiger partial charge is 0.229 e. The molecule has 2 N–H and O–H groups in total. The molecule has 0 radical (unpaired) electrons. The van der Waals surface area contributed by atoms with Gasteiger partial charge in [0.05, 0.1) is 0 Å². The molecule has 3 rings (SSSR count). The Morgan fingerprint density at radius 1 is 1.21 bits per heavy atom. The third-order valence-corrected chi connectivity index (χ3v) is 4.50. The van der Waals surface area contributed by atoms with E-state index in [0.717, 1.165) is 56.8 Å². The van der Waals surface area contributed by atoms with E-state index in [2.05, 4.69) is 17.1 Å². The molecule has 1 atom stereocenters. The monoisotopic (exact) mass is 265 g/mol. The van der Waals surface area contributed by atoms with Crippen LogP contribution in [0.25, 0.3) is 0 Å². The molecule has 1 saturated carbocycles. The van der Waals surface area contributed by atoms with Crippen molar-refractivity contribution in [2.45, 2.75) is 69.4 Å². The highest BCUT2D eigenvalue weighted by atomic mass is 16.5. The maximum Gasteiger partial charge on any atom is 0.229 e. The van der Waals surface area contributed by atoms with Crippen LogP contribution < -0.4 is 5.73 Å². The summed E-state index contributed by atoms with van der Waals surface area (Å²) in [6.07, 6.45) is 7.48. The number of nitrogens with two attached hydrogens (primary N) is 1. The van der Waals surface area contributed by atoms with Gasteiger partial charge in [-0.1, -0.05) is 5.16 Å². The Morgan fingerprint density at radius 3 is 2.68 bits per heavy atom. The van der Waals surface area contributed by atoms with Gasteiger partial charge < -0.3 is 15.0 Å². The van der Waals surface area contributed by atoms with Crippen LogP contribution >= 0.6 is 0 Å². The summed E-state index contributed by atoms with van der Waals surface area (Å²) in [4.78, 5) is 4.61. The highest BCUT2D eigenvalue weighted by Gasteiger charge is 2.36. The predicted molar refractivity (Wildman–Crippen MR) is 70.6 cm³/mol. The number of ether oxygens (including phenoxy) is 1. The first-order valence-corrected chi connectivity index (χ1v) is 7.41. The van der Waals surface area contributed by atoms with Crippen molar-refractivity contribution < 1.29 is 9.26 Å². The molecule has 0 bridgehead atoms. The van der Waals surface area contributed by atoms with Crippen molar-refractivity contribution in [2.24, 2.45) is 5.73 Å². The van der Waals surface area contributed by atoms with E-state index in [4.69, 9.17) is 15.0 Å². The second kappa shape index (κ2) is 5.21. The van der Waals surface area contributed by atoms with Crippen LogP contribution in [0.1, 0.15) is 69.5 Å². The Bertz CT molecular complexity index is 418. The van der Waals surface area contributed by atoms with Crippen molar-refractivity contribution in [3.05, 3.63) is 11.7 Å². The lowest BCUT2D eigenvalue weighted by molar-refractivity contribution is -0.0770. The van der Waals surface area contributed by atoms with E-state index in [9.17, 15) is 0 Å². The van der Waals surface area contributed by atoms with E-state index >= 15 is 0 Å². The molecular weight excluding hydrogens is 242 g/mol. The summed E-state index contributed by atoms with van der Waals surface area (Å²) in [5.41, 5.74) is 5.58. The van der Waals surface area contributed by atoms with Crippen molar-refractivity contribution in [1.82, 2.24) is 10.1 Å². The van der Waals surface area contributed by atoms with Crippen molar-refractivity contribution in [3.8, 4) is 0 Å². The van der Waals surface area contributed by atoms with Gasteiger partial charge in [0.25, 0.3) is 0 Å². The molecule has 1 aliphatic carbocycles. The molecule has 2 aliphatic rings. The molecule has 5 nitrogen and oxygen atoms in total. The van der Waals surface area contributed by atoms with E-state index in [-0.39, 0.29) is 5.60 Å². The quantitative estimate of drug-likeness (QED) is 0.889. The van der Waals surface area contributed by atoms with Gasteiger partial charge in [-0.3, -0.25) is 0 Å². The number of aromatic nitrogens is 2. The summed E-state index contributed by atoms with van der Waals surface area (Å²) in [7, 11) is 0.